The molecule has 1 N–H and O–H groups in total. The number of nitrogens with one attached hydrogen (secondary N) is 1. The zero-order valence-corrected chi connectivity index (χ0v) is 19.5. The van der Waals surface area contributed by atoms with Crippen molar-refractivity contribution in [2.24, 2.45) is 5.92 Å². The Hall–Kier alpha value is -4.06. The largest absolute Gasteiger partial charge is 0.312 e. The first-order valence-corrected chi connectivity index (χ1v) is 12.7. The number of carbonyl (C=O) groups excluding carboxylic acids is 2. The minimum Gasteiger partial charge on any atom is -0.312 e. The van der Waals surface area contributed by atoms with E-state index in [1.807, 2.05) is 31.2 Å². The number of aryl methyl sites for hydroxylation is 1. The minimum absolute atomic E-state index is 0.0198. The fraction of sp³-hybridized carbons (Fsp3) is 0.261. The number of aromatic nitrogens is 2. The SMILES string of the molecule is Cc1cccc(N2CC(C(=O)Nc3c4c(nn3-c3ccc([N+](=O)[O-])cc3)CS(=O)(=O)C4)CC2=O)c1. The first-order chi connectivity index (χ1) is 16.6. The van der Waals surface area contributed by atoms with E-state index in [0.717, 1.165) is 5.56 Å². The van der Waals surface area contributed by atoms with Crippen molar-refractivity contribution in [1.82, 2.24) is 9.78 Å². The number of amides is 2. The Balaban J connectivity index is 1.44. The van der Waals surface area contributed by atoms with Crippen LogP contribution in [0.25, 0.3) is 5.69 Å². The number of hydrogen-bond acceptors (Lipinski definition) is 7. The van der Waals surface area contributed by atoms with Crippen molar-refractivity contribution in [2.45, 2.75) is 24.9 Å². The highest BCUT2D eigenvalue weighted by Crippen LogP contribution is 2.34. The maximum Gasteiger partial charge on any atom is 0.269 e. The normalized spacial score (nSPS) is 18.5. The summed E-state index contributed by atoms with van der Waals surface area (Å²) in [6.07, 6.45) is 0.0198. The van der Waals surface area contributed by atoms with E-state index in [2.05, 4.69) is 10.4 Å². The van der Waals surface area contributed by atoms with Crippen molar-refractivity contribution in [3.05, 3.63) is 75.5 Å². The van der Waals surface area contributed by atoms with Gasteiger partial charge in [0.2, 0.25) is 11.8 Å². The van der Waals surface area contributed by atoms with Gasteiger partial charge in [0.25, 0.3) is 5.69 Å². The number of hydrogen-bond donors (Lipinski definition) is 1. The Bertz CT molecular complexity index is 1480. The van der Waals surface area contributed by atoms with Gasteiger partial charge in [0.1, 0.15) is 5.82 Å². The van der Waals surface area contributed by atoms with Crippen molar-refractivity contribution in [2.75, 3.05) is 16.8 Å². The lowest BCUT2D eigenvalue weighted by atomic mass is 10.1. The van der Waals surface area contributed by atoms with Crippen molar-refractivity contribution in [1.29, 1.82) is 0 Å². The molecule has 1 saturated heterocycles. The summed E-state index contributed by atoms with van der Waals surface area (Å²) < 4.78 is 25.8. The first-order valence-electron chi connectivity index (χ1n) is 10.9. The summed E-state index contributed by atoms with van der Waals surface area (Å²) in [7, 11) is -3.39. The number of sulfone groups is 1. The van der Waals surface area contributed by atoms with Gasteiger partial charge in [-0.25, -0.2) is 13.1 Å². The maximum atomic E-state index is 13.2. The van der Waals surface area contributed by atoms with Gasteiger partial charge in [-0.05, 0) is 36.8 Å². The smallest absolute Gasteiger partial charge is 0.269 e. The number of fused-ring (bicyclic) bond motifs is 1. The molecule has 0 aliphatic carbocycles. The molecule has 3 heterocycles. The standard InChI is InChI=1S/C23H21N5O6S/c1-14-3-2-4-18(9-14)26-11-15(10-21(26)29)23(30)24-22-19-12-35(33,34)13-20(19)25-27(22)16-5-7-17(8-6-16)28(31)32/h2-9,15H,10-13H2,1H3,(H,24,30). The lowest BCUT2D eigenvalue weighted by Crippen LogP contribution is -2.29. The average Bonchev–Trinajstić information content (AvgIpc) is 3.44. The van der Waals surface area contributed by atoms with E-state index >= 15 is 0 Å². The number of non-ortho nitro benzene ring substituents is 1. The number of anilines is 2. The van der Waals surface area contributed by atoms with E-state index in [9.17, 15) is 28.1 Å². The second kappa shape index (κ2) is 8.31. The van der Waals surface area contributed by atoms with Crippen LogP contribution in [0.5, 0.6) is 0 Å². The third-order valence-electron chi connectivity index (χ3n) is 6.14. The highest BCUT2D eigenvalue weighted by Gasteiger charge is 2.38. The molecular formula is C23H21N5O6S. The van der Waals surface area contributed by atoms with Gasteiger partial charge in [0, 0.05) is 36.3 Å². The molecule has 0 spiro atoms. The summed E-state index contributed by atoms with van der Waals surface area (Å²) in [6, 6.07) is 13.0. The zero-order chi connectivity index (χ0) is 24.9. The molecule has 2 amide bonds. The molecule has 0 saturated carbocycles. The molecule has 2 aliphatic heterocycles. The molecule has 0 radical (unpaired) electrons. The number of rotatable bonds is 5. The zero-order valence-electron chi connectivity index (χ0n) is 18.7. The molecule has 5 rings (SSSR count). The number of nitrogens with zero attached hydrogens (tertiary/aromatic N) is 4. The quantitative estimate of drug-likeness (QED) is 0.423. The number of nitro benzene ring substituents is 1. The monoisotopic (exact) mass is 495 g/mol. The molecule has 180 valence electrons. The second-order valence-corrected chi connectivity index (χ2v) is 10.8. The molecule has 1 aromatic heterocycles. The lowest BCUT2D eigenvalue weighted by molar-refractivity contribution is -0.384. The van der Waals surface area contributed by atoms with Crippen molar-refractivity contribution < 1.29 is 22.9 Å². The topological polar surface area (TPSA) is 145 Å². The summed E-state index contributed by atoms with van der Waals surface area (Å²) in [5, 5.41) is 18.2. The first kappa shape index (κ1) is 22.7. The van der Waals surface area contributed by atoms with Gasteiger partial charge < -0.3 is 10.2 Å². The molecule has 0 bridgehead atoms. The van der Waals surface area contributed by atoms with Crippen LogP contribution in [0.15, 0.2) is 48.5 Å². The van der Waals surface area contributed by atoms with Crippen molar-refractivity contribution >= 4 is 38.8 Å². The Labute approximate surface area is 200 Å². The Morgan fingerprint density at radius 1 is 1.14 bits per heavy atom. The second-order valence-electron chi connectivity index (χ2n) is 8.73. The van der Waals surface area contributed by atoms with Crippen molar-refractivity contribution in [3.63, 3.8) is 0 Å². The maximum absolute atomic E-state index is 13.2. The minimum atomic E-state index is -3.39. The summed E-state index contributed by atoms with van der Waals surface area (Å²) >= 11 is 0. The average molecular weight is 496 g/mol. The van der Waals surface area contributed by atoms with Crippen LogP contribution in [0.2, 0.25) is 0 Å². The molecule has 2 aliphatic rings. The van der Waals surface area contributed by atoms with E-state index in [-0.39, 0.29) is 41.9 Å². The van der Waals surface area contributed by atoms with E-state index < -0.39 is 26.6 Å². The van der Waals surface area contributed by atoms with E-state index in [1.54, 1.807) is 4.90 Å². The summed E-state index contributed by atoms with van der Waals surface area (Å²) in [4.78, 5) is 37.9. The highest BCUT2D eigenvalue weighted by atomic mass is 32.2. The lowest BCUT2D eigenvalue weighted by Gasteiger charge is -2.17. The van der Waals surface area contributed by atoms with Gasteiger partial charge >= 0.3 is 0 Å². The van der Waals surface area contributed by atoms with E-state index in [1.165, 1.54) is 28.9 Å². The van der Waals surface area contributed by atoms with Crippen LogP contribution in [-0.4, -0.2) is 41.5 Å². The van der Waals surface area contributed by atoms with Crippen LogP contribution in [0, 0.1) is 23.0 Å². The molecule has 1 fully saturated rings. The van der Waals surface area contributed by atoms with Gasteiger partial charge in [-0.2, -0.15) is 5.10 Å². The molecule has 11 nitrogen and oxygen atoms in total. The number of nitro groups is 1. The molecule has 1 atom stereocenters. The van der Waals surface area contributed by atoms with E-state index in [4.69, 9.17) is 0 Å². The van der Waals surface area contributed by atoms with Gasteiger partial charge in [-0.1, -0.05) is 12.1 Å². The van der Waals surface area contributed by atoms with Crippen LogP contribution < -0.4 is 10.2 Å². The molecule has 12 heteroatoms. The fourth-order valence-electron chi connectivity index (χ4n) is 4.42. The summed E-state index contributed by atoms with van der Waals surface area (Å²) in [5.74, 6) is -1.58. The summed E-state index contributed by atoms with van der Waals surface area (Å²) in [5.41, 5.74) is 2.74. The molecular weight excluding hydrogens is 474 g/mol. The Morgan fingerprint density at radius 3 is 2.57 bits per heavy atom. The van der Waals surface area contributed by atoms with Gasteiger partial charge in [-0.3, -0.25) is 19.7 Å². The van der Waals surface area contributed by atoms with Crippen LogP contribution >= 0.6 is 0 Å². The van der Waals surface area contributed by atoms with E-state index in [0.29, 0.717) is 22.6 Å². The van der Waals surface area contributed by atoms with Crippen LogP contribution in [0.3, 0.4) is 0 Å². The van der Waals surface area contributed by atoms with Gasteiger partial charge in [0.05, 0.1) is 33.7 Å². The molecule has 3 aromatic rings. The number of carbonyl (C=O) groups is 2. The van der Waals surface area contributed by atoms with Crippen LogP contribution in [0.4, 0.5) is 17.2 Å². The van der Waals surface area contributed by atoms with Crippen LogP contribution in [0.1, 0.15) is 23.2 Å². The summed E-state index contributed by atoms with van der Waals surface area (Å²) in [6.45, 7) is 2.11. The third kappa shape index (κ3) is 4.28. The van der Waals surface area contributed by atoms with Gasteiger partial charge in [0.15, 0.2) is 9.84 Å². The predicted molar refractivity (Wildman–Crippen MR) is 127 cm³/mol. The molecule has 35 heavy (non-hydrogen) atoms. The number of benzene rings is 2. The van der Waals surface area contributed by atoms with Gasteiger partial charge in [-0.15, -0.1) is 0 Å². The molecule has 1 unspecified atom stereocenters. The Morgan fingerprint density at radius 2 is 1.89 bits per heavy atom. The van der Waals surface area contributed by atoms with Crippen LogP contribution in [-0.2, 0) is 30.9 Å². The molecule has 2 aromatic carbocycles. The third-order valence-corrected chi connectivity index (χ3v) is 7.59. The predicted octanol–water partition coefficient (Wildman–Crippen LogP) is 2.51. The van der Waals surface area contributed by atoms with Crippen molar-refractivity contribution in [3.8, 4) is 5.69 Å². The fourth-order valence-corrected chi connectivity index (χ4v) is 5.91. The Kier molecular flexibility index (Phi) is 5.39. The highest BCUT2D eigenvalue weighted by molar-refractivity contribution is 7.90.